The number of hydrogen-bond acceptors (Lipinski definition) is 2. The highest BCUT2D eigenvalue weighted by atomic mass is 16.7. The Hall–Kier alpha value is -0.730. The molecule has 1 saturated carbocycles. The number of rotatable bonds is 1. The third kappa shape index (κ3) is 2.41. The first-order chi connectivity index (χ1) is 5.12. The smallest absolute Gasteiger partial charge is 0.450 e. The molecule has 0 aromatic heterocycles. The number of carboxylic acid groups (broad SMARTS) is 1. The second-order valence-electron chi connectivity index (χ2n) is 3.38. The molecule has 0 aromatic carbocycles. The van der Waals surface area contributed by atoms with Crippen LogP contribution >= 0.6 is 0 Å². The van der Waals surface area contributed by atoms with E-state index in [1.54, 1.807) is 0 Å². The second-order valence-corrected chi connectivity index (χ2v) is 3.38. The van der Waals surface area contributed by atoms with Crippen molar-refractivity contribution < 1.29 is 14.6 Å². The lowest BCUT2D eigenvalue weighted by molar-refractivity contribution is -0.0290. The predicted molar refractivity (Wildman–Crippen MR) is 40.6 cm³/mol. The van der Waals surface area contributed by atoms with Crippen molar-refractivity contribution in [2.45, 2.75) is 44.6 Å². The lowest BCUT2D eigenvalue weighted by Crippen LogP contribution is -2.33. The van der Waals surface area contributed by atoms with Gasteiger partial charge in [-0.05, 0) is 32.6 Å². The number of ether oxygens (including phenoxy) is 1. The molecule has 1 rings (SSSR count). The Kier molecular flexibility index (Phi) is 2.37. The zero-order valence-corrected chi connectivity index (χ0v) is 6.80. The third-order valence-electron chi connectivity index (χ3n) is 2.24. The van der Waals surface area contributed by atoms with E-state index >= 15 is 0 Å². The summed E-state index contributed by atoms with van der Waals surface area (Å²) in [5.41, 5.74) is -0.399. The molecule has 1 aliphatic rings. The van der Waals surface area contributed by atoms with Gasteiger partial charge in [0, 0.05) is 0 Å². The maximum atomic E-state index is 10.3. The summed E-state index contributed by atoms with van der Waals surface area (Å²) in [5, 5.41) is 8.41. The van der Waals surface area contributed by atoms with E-state index in [1.165, 1.54) is 6.42 Å². The van der Waals surface area contributed by atoms with E-state index in [0.717, 1.165) is 25.7 Å². The zero-order chi connectivity index (χ0) is 8.32. The lowest BCUT2D eigenvalue weighted by Gasteiger charge is -2.31. The summed E-state index contributed by atoms with van der Waals surface area (Å²) in [7, 11) is 0. The summed E-state index contributed by atoms with van der Waals surface area (Å²) in [6.45, 7) is 1.88. The molecular formula is C8H14O3. The van der Waals surface area contributed by atoms with Gasteiger partial charge in [0.15, 0.2) is 0 Å². The highest BCUT2D eigenvalue weighted by Gasteiger charge is 2.30. The molecule has 0 saturated heterocycles. The van der Waals surface area contributed by atoms with Crippen LogP contribution in [0.4, 0.5) is 4.79 Å². The summed E-state index contributed by atoms with van der Waals surface area (Å²) in [5.74, 6) is 0. The molecule has 0 radical (unpaired) electrons. The van der Waals surface area contributed by atoms with E-state index in [-0.39, 0.29) is 0 Å². The van der Waals surface area contributed by atoms with Gasteiger partial charge in [-0.3, -0.25) is 0 Å². The SMILES string of the molecule is CC1(OC(=O)O)CCCCC1. The fraction of sp³-hybridized carbons (Fsp3) is 0.875. The molecule has 1 N–H and O–H groups in total. The van der Waals surface area contributed by atoms with Crippen molar-refractivity contribution in [1.82, 2.24) is 0 Å². The first kappa shape index (κ1) is 8.37. The first-order valence-electron chi connectivity index (χ1n) is 4.04. The van der Waals surface area contributed by atoms with Crippen LogP contribution in [0.3, 0.4) is 0 Å². The minimum atomic E-state index is -1.14. The number of hydrogen-bond donors (Lipinski definition) is 1. The van der Waals surface area contributed by atoms with Gasteiger partial charge in [0.25, 0.3) is 0 Å². The molecule has 0 unspecified atom stereocenters. The third-order valence-corrected chi connectivity index (χ3v) is 2.24. The Balaban J connectivity index is 2.43. The molecule has 11 heavy (non-hydrogen) atoms. The van der Waals surface area contributed by atoms with Crippen LogP contribution in [0.25, 0.3) is 0 Å². The van der Waals surface area contributed by atoms with Crippen molar-refractivity contribution >= 4 is 6.16 Å². The molecule has 1 fully saturated rings. The van der Waals surface area contributed by atoms with Crippen LogP contribution in [0.5, 0.6) is 0 Å². The van der Waals surface area contributed by atoms with Gasteiger partial charge in [0.1, 0.15) is 5.60 Å². The summed E-state index contributed by atoms with van der Waals surface area (Å²) in [6, 6.07) is 0. The van der Waals surface area contributed by atoms with Crippen molar-refractivity contribution in [2.75, 3.05) is 0 Å². The minimum Gasteiger partial charge on any atom is -0.450 e. The van der Waals surface area contributed by atoms with Crippen LogP contribution in [-0.4, -0.2) is 16.9 Å². The summed E-state index contributed by atoms with van der Waals surface area (Å²) < 4.78 is 4.80. The van der Waals surface area contributed by atoms with E-state index in [0.29, 0.717) is 0 Å². The van der Waals surface area contributed by atoms with Crippen LogP contribution < -0.4 is 0 Å². The molecular weight excluding hydrogens is 144 g/mol. The van der Waals surface area contributed by atoms with Crippen molar-refractivity contribution in [3.8, 4) is 0 Å². The van der Waals surface area contributed by atoms with Crippen molar-refractivity contribution in [2.24, 2.45) is 0 Å². The van der Waals surface area contributed by atoms with Gasteiger partial charge in [0.2, 0.25) is 0 Å². The van der Waals surface area contributed by atoms with Crippen LogP contribution in [0.2, 0.25) is 0 Å². The van der Waals surface area contributed by atoms with Gasteiger partial charge >= 0.3 is 6.16 Å². The Morgan fingerprint density at radius 1 is 1.36 bits per heavy atom. The summed E-state index contributed by atoms with van der Waals surface area (Å²) in [4.78, 5) is 10.3. The molecule has 0 amide bonds. The van der Waals surface area contributed by atoms with E-state index < -0.39 is 11.8 Å². The van der Waals surface area contributed by atoms with Crippen molar-refractivity contribution in [1.29, 1.82) is 0 Å². The molecule has 0 aromatic rings. The molecule has 64 valence electrons. The molecule has 1 aliphatic carbocycles. The van der Waals surface area contributed by atoms with Gasteiger partial charge in [-0.1, -0.05) is 6.42 Å². The lowest BCUT2D eigenvalue weighted by atomic mass is 9.86. The van der Waals surface area contributed by atoms with E-state index in [4.69, 9.17) is 9.84 Å². The molecule has 0 aliphatic heterocycles. The molecule has 0 heterocycles. The van der Waals surface area contributed by atoms with E-state index in [2.05, 4.69) is 0 Å². The van der Waals surface area contributed by atoms with Crippen LogP contribution in [-0.2, 0) is 4.74 Å². The minimum absolute atomic E-state index is 0.399. The average molecular weight is 158 g/mol. The highest BCUT2D eigenvalue weighted by molar-refractivity contribution is 5.57. The number of carbonyl (C=O) groups is 1. The molecule has 3 heteroatoms. The van der Waals surface area contributed by atoms with Gasteiger partial charge in [-0.25, -0.2) is 4.79 Å². The predicted octanol–water partition coefficient (Wildman–Crippen LogP) is 2.40. The zero-order valence-electron chi connectivity index (χ0n) is 6.80. The Morgan fingerprint density at radius 2 is 1.91 bits per heavy atom. The van der Waals surface area contributed by atoms with Crippen LogP contribution in [0, 0.1) is 0 Å². The maximum absolute atomic E-state index is 10.3. The van der Waals surface area contributed by atoms with Crippen molar-refractivity contribution in [3.63, 3.8) is 0 Å². The maximum Gasteiger partial charge on any atom is 0.506 e. The quantitative estimate of drug-likeness (QED) is 0.596. The van der Waals surface area contributed by atoms with Crippen LogP contribution in [0.1, 0.15) is 39.0 Å². The Labute approximate surface area is 66.4 Å². The molecule has 3 nitrogen and oxygen atoms in total. The Bertz CT molecular complexity index is 147. The topological polar surface area (TPSA) is 46.5 Å². The summed E-state index contributed by atoms with van der Waals surface area (Å²) >= 11 is 0. The largest absolute Gasteiger partial charge is 0.506 e. The Morgan fingerprint density at radius 3 is 2.36 bits per heavy atom. The monoisotopic (exact) mass is 158 g/mol. The van der Waals surface area contributed by atoms with Gasteiger partial charge in [-0.2, -0.15) is 0 Å². The van der Waals surface area contributed by atoms with E-state index in [9.17, 15) is 4.79 Å². The fourth-order valence-electron chi connectivity index (χ4n) is 1.61. The van der Waals surface area contributed by atoms with Gasteiger partial charge in [-0.15, -0.1) is 0 Å². The second kappa shape index (κ2) is 3.11. The molecule has 0 spiro atoms. The molecule has 0 atom stereocenters. The van der Waals surface area contributed by atoms with E-state index in [1.807, 2.05) is 6.92 Å². The average Bonchev–Trinajstić information content (AvgIpc) is 1.85. The van der Waals surface area contributed by atoms with Crippen LogP contribution in [0.15, 0.2) is 0 Å². The molecule has 0 bridgehead atoms. The highest BCUT2D eigenvalue weighted by Crippen LogP contribution is 2.30. The van der Waals surface area contributed by atoms with Gasteiger partial charge < -0.3 is 9.84 Å². The normalized spacial score (nSPS) is 22.6. The first-order valence-corrected chi connectivity index (χ1v) is 4.04. The van der Waals surface area contributed by atoms with Gasteiger partial charge in [0.05, 0.1) is 0 Å². The fourth-order valence-corrected chi connectivity index (χ4v) is 1.61. The standard InChI is InChI=1S/C8H14O3/c1-8(11-7(9)10)5-3-2-4-6-8/h2-6H2,1H3,(H,9,10). The van der Waals surface area contributed by atoms with Crippen molar-refractivity contribution in [3.05, 3.63) is 0 Å². The summed E-state index contributed by atoms with van der Waals surface area (Å²) in [6.07, 6.45) is 3.99.